The van der Waals surface area contributed by atoms with Gasteiger partial charge in [0.1, 0.15) is 0 Å². The summed E-state index contributed by atoms with van der Waals surface area (Å²) in [6.07, 6.45) is -0.265. The molecular weight excluding hydrogens is 256 g/mol. The number of amides is 2. The number of aliphatic carboxylic acids is 1. The molecule has 19 heavy (non-hydrogen) atoms. The van der Waals surface area contributed by atoms with Gasteiger partial charge >= 0.3 is 12.0 Å². The van der Waals surface area contributed by atoms with Crippen molar-refractivity contribution in [1.82, 2.24) is 10.2 Å². The third-order valence-corrected chi connectivity index (χ3v) is 2.84. The zero-order valence-corrected chi connectivity index (χ0v) is 11.1. The van der Waals surface area contributed by atoms with E-state index in [0.29, 0.717) is 13.2 Å². The molecule has 0 aromatic heterocycles. The van der Waals surface area contributed by atoms with Crippen molar-refractivity contribution in [2.24, 2.45) is 0 Å². The molecule has 0 saturated carbocycles. The Morgan fingerprint density at radius 2 is 2.26 bits per heavy atom. The van der Waals surface area contributed by atoms with E-state index in [9.17, 15) is 9.59 Å². The standard InChI is InChI=1S/C11H20N2O6/c1-17-6-8(18-2)5-12-11(16)13-3-4-19-7-9(13)10(14)15/h8-9H,3-7H2,1-2H3,(H,12,16)(H,14,15). The smallest absolute Gasteiger partial charge is 0.328 e. The summed E-state index contributed by atoms with van der Waals surface area (Å²) >= 11 is 0. The van der Waals surface area contributed by atoms with Crippen molar-refractivity contribution in [3.05, 3.63) is 0 Å². The molecule has 1 aliphatic heterocycles. The van der Waals surface area contributed by atoms with Crippen LogP contribution in [0.1, 0.15) is 0 Å². The van der Waals surface area contributed by atoms with Crippen molar-refractivity contribution in [2.75, 3.05) is 47.1 Å². The van der Waals surface area contributed by atoms with E-state index in [1.807, 2.05) is 0 Å². The van der Waals surface area contributed by atoms with Crippen LogP contribution in [0.2, 0.25) is 0 Å². The van der Waals surface area contributed by atoms with Crippen LogP contribution in [-0.4, -0.2) is 81.3 Å². The molecule has 8 heteroatoms. The van der Waals surface area contributed by atoms with Crippen LogP contribution < -0.4 is 5.32 Å². The fraction of sp³-hybridized carbons (Fsp3) is 0.818. The zero-order valence-electron chi connectivity index (χ0n) is 11.1. The molecule has 0 spiro atoms. The lowest BCUT2D eigenvalue weighted by Gasteiger charge is -2.33. The van der Waals surface area contributed by atoms with Crippen molar-refractivity contribution in [3.8, 4) is 0 Å². The molecule has 1 heterocycles. The molecule has 110 valence electrons. The lowest BCUT2D eigenvalue weighted by Crippen LogP contribution is -2.56. The zero-order chi connectivity index (χ0) is 14.3. The molecule has 1 rings (SSSR count). The van der Waals surface area contributed by atoms with Crippen molar-refractivity contribution in [2.45, 2.75) is 12.1 Å². The average Bonchev–Trinajstić information content (AvgIpc) is 2.43. The first-order valence-electron chi connectivity index (χ1n) is 5.97. The van der Waals surface area contributed by atoms with Crippen LogP contribution in [0.4, 0.5) is 4.79 Å². The van der Waals surface area contributed by atoms with Crippen LogP contribution in [0.3, 0.4) is 0 Å². The predicted octanol–water partition coefficient (Wildman–Crippen LogP) is -0.857. The largest absolute Gasteiger partial charge is 0.480 e. The second kappa shape index (κ2) is 7.93. The number of carboxylic acids is 1. The van der Waals surface area contributed by atoms with Gasteiger partial charge in [-0.1, -0.05) is 0 Å². The van der Waals surface area contributed by atoms with E-state index in [1.165, 1.54) is 19.1 Å². The van der Waals surface area contributed by atoms with Gasteiger partial charge < -0.3 is 29.5 Å². The minimum Gasteiger partial charge on any atom is -0.480 e. The number of nitrogens with zero attached hydrogens (tertiary/aromatic N) is 1. The second-order valence-electron chi connectivity index (χ2n) is 4.12. The Morgan fingerprint density at radius 3 is 2.84 bits per heavy atom. The fourth-order valence-corrected chi connectivity index (χ4v) is 1.75. The maximum atomic E-state index is 11.9. The van der Waals surface area contributed by atoms with Crippen molar-refractivity contribution in [1.29, 1.82) is 0 Å². The number of ether oxygens (including phenoxy) is 3. The SMILES string of the molecule is COCC(CNC(=O)N1CCOCC1C(=O)O)OC. The molecule has 0 aromatic carbocycles. The quantitative estimate of drug-likeness (QED) is 0.655. The van der Waals surface area contributed by atoms with Crippen LogP contribution in [0.5, 0.6) is 0 Å². The van der Waals surface area contributed by atoms with Gasteiger partial charge in [0, 0.05) is 27.3 Å². The van der Waals surface area contributed by atoms with Crippen molar-refractivity contribution >= 4 is 12.0 Å². The van der Waals surface area contributed by atoms with Gasteiger partial charge in [0.2, 0.25) is 0 Å². The number of methoxy groups -OCH3 is 2. The summed E-state index contributed by atoms with van der Waals surface area (Å²) < 4.78 is 15.1. The van der Waals surface area contributed by atoms with Gasteiger partial charge in [0.25, 0.3) is 0 Å². The number of urea groups is 1. The van der Waals surface area contributed by atoms with Crippen LogP contribution in [0.25, 0.3) is 0 Å². The highest BCUT2D eigenvalue weighted by Crippen LogP contribution is 2.07. The average molecular weight is 276 g/mol. The van der Waals surface area contributed by atoms with Gasteiger partial charge in [-0.05, 0) is 0 Å². The Hall–Kier alpha value is -1.38. The minimum absolute atomic E-state index is 0.00846. The van der Waals surface area contributed by atoms with Crippen molar-refractivity contribution in [3.63, 3.8) is 0 Å². The summed E-state index contributed by atoms with van der Waals surface area (Å²) in [5.74, 6) is -1.07. The fourth-order valence-electron chi connectivity index (χ4n) is 1.75. The van der Waals surface area contributed by atoms with Gasteiger partial charge in [-0.3, -0.25) is 0 Å². The third kappa shape index (κ3) is 4.66. The summed E-state index contributed by atoms with van der Waals surface area (Å²) in [4.78, 5) is 24.2. The first-order valence-corrected chi connectivity index (χ1v) is 5.97. The first-order chi connectivity index (χ1) is 9.10. The molecular formula is C11H20N2O6. The molecule has 1 aliphatic rings. The second-order valence-corrected chi connectivity index (χ2v) is 4.12. The lowest BCUT2D eigenvalue weighted by atomic mass is 10.2. The number of carboxylic acid groups (broad SMARTS) is 1. The summed E-state index contributed by atoms with van der Waals surface area (Å²) in [5.41, 5.74) is 0. The Labute approximate surface area is 111 Å². The Morgan fingerprint density at radius 1 is 1.53 bits per heavy atom. The van der Waals surface area contributed by atoms with Gasteiger partial charge in [-0.15, -0.1) is 0 Å². The number of nitrogens with one attached hydrogen (secondary N) is 1. The first kappa shape index (κ1) is 15.7. The maximum absolute atomic E-state index is 11.9. The normalized spacial score (nSPS) is 20.9. The highest BCUT2D eigenvalue weighted by atomic mass is 16.5. The van der Waals surface area contributed by atoms with E-state index >= 15 is 0 Å². The van der Waals surface area contributed by atoms with E-state index in [2.05, 4.69) is 5.32 Å². The summed E-state index contributed by atoms with van der Waals surface area (Å²) in [5, 5.41) is 11.7. The highest BCUT2D eigenvalue weighted by molar-refractivity contribution is 5.83. The van der Waals surface area contributed by atoms with E-state index in [-0.39, 0.29) is 25.8 Å². The van der Waals surface area contributed by atoms with Gasteiger partial charge in [0.15, 0.2) is 6.04 Å². The molecule has 2 N–H and O–H groups in total. The number of carbonyl (C=O) groups excluding carboxylic acids is 1. The number of hydrogen-bond acceptors (Lipinski definition) is 5. The van der Waals surface area contributed by atoms with Crippen LogP contribution in [-0.2, 0) is 19.0 Å². The summed E-state index contributed by atoms with van der Waals surface area (Å²) in [7, 11) is 3.06. The molecule has 0 bridgehead atoms. The monoisotopic (exact) mass is 276 g/mol. The molecule has 2 atom stereocenters. The molecule has 1 fully saturated rings. The lowest BCUT2D eigenvalue weighted by molar-refractivity contribution is -0.147. The van der Waals surface area contributed by atoms with Gasteiger partial charge in [-0.25, -0.2) is 9.59 Å². The highest BCUT2D eigenvalue weighted by Gasteiger charge is 2.32. The molecule has 2 unspecified atom stereocenters. The topological polar surface area (TPSA) is 97.3 Å². The summed E-state index contributed by atoms with van der Waals surface area (Å²) in [6, 6.07) is -1.38. The van der Waals surface area contributed by atoms with Crippen LogP contribution in [0, 0.1) is 0 Å². The Kier molecular flexibility index (Phi) is 6.54. The number of morpholine rings is 1. The molecule has 0 aliphatic carbocycles. The van der Waals surface area contributed by atoms with E-state index in [4.69, 9.17) is 19.3 Å². The predicted molar refractivity (Wildman–Crippen MR) is 65.0 cm³/mol. The summed E-state index contributed by atoms with van der Waals surface area (Å²) in [6.45, 7) is 1.21. The molecule has 8 nitrogen and oxygen atoms in total. The van der Waals surface area contributed by atoms with Crippen molar-refractivity contribution < 1.29 is 28.9 Å². The molecule has 0 radical (unpaired) electrons. The molecule has 0 aromatic rings. The van der Waals surface area contributed by atoms with Gasteiger partial charge in [-0.2, -0.15) is 0 Å². The van der Waals surface area contributed by atoms with Gasteiger partial charge in [0.05, 0.1) is 25.9 Å². The third-order valence-electron chi connectivity index (χ3n) is 2.84. The minimum atomic E-state index is -1.07. The number of hydrogen-bond donors (Lipinski definition) is 2. The Balaban J connectivity index is 2.48. The van der Waals surface area contributed by atoms with Crippen LogP contribution in [0.15, 0.2) is 0 Å². The van der Waals surface area contributed by atoms with E-state index < -0.39 is 18.0 Å². The maximum Gasteiger partial charge on any atom is 0.328 e. The molecule has 2 amide bonds. The number of carbonyl (C=O) groups is 2. The van der Waals surface area contributed by atoms with E-state index in [0.717, 1.165) is 0 Å². The number of rotatable bonds is 6. The molecule has 1 saturated heterocycles. The van der Waals surface area contributed by atoms with E-state index in [1.54, 1.807) is 0 Å². The van der Waals surface area contributed by atoms with Crippen LogP contribution >= 0.6 is 0 Å². The Bertz CT molecular complexity index is 312.